The zero-order chi connectivity index (χ0) is 50.4. The molecule has 6 aliphatic rings. The number of alkyl halides is 3. The number of anilines is 2. The van der Waals surface area contributed by atoms with Crippen LogP contribution >= 0.6 is 11.6 Å². The Morgan fingerprint density at radius 1 is 1.03 bits per heavy atom. The third-order valence-corrected chi connectivity index (χ3v) is 15.8. The highest BCUT2D eigenvalue weighted by molar-refractivity contribution is 6.30. The summed E-state index contributed by atoms with van der Waals surface area (Å²) in [6.45, 7) is 7.37. The first-order chi connectivity index (χ1) is 33.7. The van der Waals surface area contributed by atoms with Crippen molar-refractivity contribution in [2.24, 2.45) is 16.7 Å². The number of ether oxygens (including phenoxy) is 1. The Kier molecular flexibility index (Phi) is 12.0. The molecule has 370 valence electrons. The normalized spacial score (nSPS) is 25.3. The lowest BCUT2D eigenvalue weighted by Crippen LogP contribution is -2.52. The van der Waals surface area contributed by atoms with Gasteiger partial charge in [-0.25, -0.2) is 4.39 Å². The highest BCUT2D eigenvalue weighted by Gasteiger charge is 2.62. The van der Waals surface area contributed by atoms with Gasteiger partial charge in [0.25, 0.3) is 11.8 Å². The van der Waals surface area contributed by atoms with Crippen LogP contribution in [-0.2, 0) is 32.5 Å². The summed E-state index contributed by atoms with van der Waals surface area (Å²) < 4.78 is 63.8. The van der Waals surface area contributed by atoms with Gasteiger partial charge in [0.15, 0.2) is 0 Å². The van der Waals surface area contributed by atoms with Crippen LogP contribution in [0.1, 0.15) is 114 Å². The van der Waals surface area contributed by atoms with Crippen molar-refractivity contribution < 1.29 is 46.3 Å². The number of carbonyl (C=O) groups is 5. The van der Waals surface area contributed by atoms with Crippen molar-refractivity contribution in [2.45, 2.75) is 101 Å². The van der Waals surface area contributed by atoms with Crippen molar-refractivity contribution >= 4 is 52.5 Å². The zero-order valence-electron chi connectivity index (χ0n) is 39.5. The largest absolute Gasteiger partial charge is 0.495 e. The number of nitrogens with zero attached hydrogens (tertiary/aromatic N) is 3. The summed E-state index contributed by atoms with van der Waals surface area (Å²) in [7, 11) is 1.42. The Balaban J connectivity index is 0.841. The van der Waals surface area contributed by atoms with Gasteiger partial charge in [0.2, 0.25) is 17.7 Å². The summed E-state index contributed by atoms with van der Waals surface area (Å²) in [5.41, 5.74) is 0.761. The Morgan fingerprint density at radius 3 is 2.51 bits per heavy atom. The van der Waals surface area contributed by atoms with E-state index >= 15 is 4.39 Å². The number of pyridine rings is 1. The molecule has 10 rings (SSSR count). The summed E-state index contributed by atoms with van der Waals surface area (Å²) in [6.07, 6.45) is -0.230. The molecule has 13 nitrogen and oxygen atoms in total. The highest BCUT2D eigenvalue weighted by Crippen LogP contribution is 2.60. The molecule has 5 aliphatic heterocycles. The van der Waals surface area contributed by atoms with Gasteiger partial charge in [0.1, 0.15) is 23.3 Å². The number of fused-ring (bicyclic) bond motifs is 3. The fourth-order valence-electron chi connectivity index (χ4n) is 11.8. The molecule has 71 heavy (non-hydrogen) atoms. The van der Waals surface area contributed by atoms with Crippen molar-refractivity contribution in [3.63, 3.8) is 0 Å². The number of nitrogens with one attached hydrogen (secondary N) is 4. The molecule has 4 fully saturated rings. The van der Waals surface area contributed by atoms with Crippen molar-refractivity contribution in [1.82, 2.24) is 25.4 Å². The predicted octanol–water partition coefficient (Wildman–Crippen LogP) is 7.82. The standard InChI is InChI=1S/C53H52ClF4N7O6/c1-50(2,3)24-41-52(27-60-37-22-40(53(56,57)58)59-25-34(37)52)43(32-9-6-10-35(54)44(32)55)45(62-41)47(68)61-36-14-12-29(21-39(36)71-4)48(69)64-19-17-51(18-20-64)23-30(51)13-11-28-7-5-8-31-33(28)26-65(49(31)70)38-15-16-42(66)63-46(38)67/h5-10,12,14,21-22,25,30,38,41,43,45,60,62H,15-20,23-24,26-27H2,1-4H3,(H,61,68)(H,63,66,67)/t30-,38-,41-,43-,45+,52-/m0/s1. The van der Waals surface area contributed by atoms with Gasteiger partial charge in [-0.15, -0.1) is 0 Å². The van der Waals surface area contributed by atoms with Crippen LogP contribution in [0.5, 0.6) is 5.75 Å². The van der Waals surface area contributed by atoms with Gasteiger partial charge in [-0.3, -0.25) is 34.3 Å². The van der Waals surface area contributed by atoms with E-state index in [1.807, 2.05) is 26.8 Å². The molecule has 3 saturated heterocycles. The average molecular weight is 994 g/mol. The molecule has 0 unspecified atom stereocenters. The molecule has 3 aromatic carbocycles. The van der Waals surface area contributed by atoms with Crippen LogP contribution in [0.3, 0.4) is 0 Å². The number of benzene rings is 3. The molecular weight excluding hydrogens is 942 g/mol. The summed E-state index contributed by atoms with van der Waals surface area (Å²) in [5, 5.41) is 11.8. The molecule has 0 radical (unpaired) electrons. The van der Waals surface area contributed by atoms with Gasteiger partial charge in [-0.05, 0) is 96.5 Å². The number of amides is 5. The molecule has 6 heterocycles. The second-order valence-electron chi connectivity index (χ2n) is 20.9. The second kappa shape index (κ2) is 17.7. The maximum Gasteiger partial charge on any atom is 0.433 e. The third kappa shape index (κ3) is 8.56. The van der Waals surface area contributed by atoms with E-state index in [9.17, 15) is 37.1 Å². The molecule has 1 aliphatic carbocycles. The van der Waals surface area contributed by atoms with Crippen molar-refractivity contribution in [3.05, 3.63) is 117 Å². The van der Waals surface area contributed by atoms with E-state index in [0.717, 1.165) is 36.5 Å². The lowest BCUT2D eigenvalue weighted by atomic mass is 9.63. The number of rotatable bonds is 7. The van der Waals surface area contributed by atoms with Gasteiger partial charge >= 0.3 is 6.18 Å². The smallest absolute Gasteiger partial charge is 0.433 e. The minimum absolute atomic E-state index is 0.0358. The minimum Gasteiger partial charge on any atom is -0.495 e. The molecule has 1 aromatic heterocycles. The fraction of sp³-hybridized carbons (Fsp3) is 0.434. The second-order valence-corrected chi connectivity index (χ2v) is 21.3. The number of likely N-dealkylation sites (tertiary alicyclic amines) is 1. The maximum absolute atomic E-state index is 16.3. The molecule has 2 spiro atoms. The first kappa shape index (κ1) is 48.1. The van der Waals surface area contributed by atoms with Gasteiger partial charge in [0, 0.05) is 90.0 Å². The SMILES string of the molecule is COc1cc(C(=O)N2CCC3(CC2)C[C@@H]3C#Cc2cccc3c2CN([C@H]2CCC(=O)NC2=O)C3=O)ccc1NC(=O)[C@@H]1N[C@@H](CC(C)(C)C)[C@@]2(CNc3cc(C(F)(F)F)ncc32)[C@H]1c1cccc(Cl)c1F. The van der Waals surface area contributed by atoms with E-state index in [1.54, 1.807) is 47.4 Å². The van der Waals surface area contributed by atoms with E-state index in [4.69, 9.17) is 16.3 Å². The van der Waals surface area contributed by atoms with E-state index in [-0.39, 0.29) is 88.1 Å². The highest BCUT2D eigenvalue weighted by atomic mass is 35.5. The van der Waals surface area contributed by atoms with Gasteiger partial charge in [-0.1, -0.05) is 62.4 Å². The fourth-order valence-corrected chi connectivity index (χ4v) is 12.0. The summed E-state index contributed by atoms with van der Waals surface area (Å²) >= 11 is 6.37. The van der Waals surface area contributed by atoms with Crippen LogP contribution in [0.25, 0.3) is 0 Å². The third-order valence-electron chi connectivity index (χ3n) is 15.5. The number of hydrogen-bond donors (Lipinski definition) is 4. The van der Waals surface area contributed by atoms with Gasteiger partial charge < -0.3 is 30.5 Å². The van der Waals surface area contributed by atoms with Gasteiger partial charge in [-0.2, -0.15) is 13.2 Å². The van der Waals surface area contributed by atoms with Crippen LogP contribution in [0, 0.1) is 34.4 Å². The van der Waals surface area contributed by atoms with Crippen LogP contribution in [-0.4, -0.2) is 89.2 Å². The molecule has 4 N–H and O–H groups in total. The summed E-state index contributed by atoms with van der Waals surface area (Å²) in [6, 6.07) is 13.3. The van der Waals surface area contributed by atoms with Crippen LogP contribution in [0.2, 0.25) is 5.02 Å². The van der Waals surface area contributed by atoms with E-state index in [2.05, 4.69) is 38.1 Å². The molecule has 4 aromatic rings. The van der Waals surface area contributed by atoms with E-state index < -0.39 is 59.0 Å². The Bertz CT molecular complexity index is 2980. The van der Waals surface area contributed by atoms with Crippen molar-refractivity contribution in [2.75, 3.05) is 37.4 Å². The topological polar surface area (TPSA) is 162 Å². The molecule has 18 heteroatoms. The monoisotopic (exact) mass is 993 g/mol. The maximum atomic E-state index is 16.3. The Labute approximate surface area is 412 Å². The molecule has 6 atom stereocenters. The Morgan fingerprint density at radius 2 is 1.79 bits per heavy atom. The molecule has 0 bridgehead atoms. The van der Waals surface area contributed by atoms with Crippen molar-refractivity contribution in [3.8, 4) is 17.6 Å². The Hall–Kier alpha value is -6.51. The first-order valence-electron chi connectivity index (χ1n) is 23.8. The number of piperidine rings is 2. The molecule has 5 amide bonds. The number of halogens is 5. The quantitative estimate of drug-likeness (QED) is 0.0823. The lowest BCUT2D eigenvalue weighted by Gasteiger charge is -2.39. The predicted molar refractivity (Wildman–Crippen MR) is 255 cm³/mol. The van der Waals surface area contributed by atoms with Crippen LogP contribution in [0.15, 0.2) is 66.9 Å². The van der Waals surface area contributed by atoms with Crippen molar-refractivity contribution in [1.29, 1.82) is 0 Å². The molecule has 1 saturated carbocycles. The summed E-state index contributed by atoms with van der Waals surface area (Å²) in [5.74, 6) is 3.56. The zero-order valence-corrected chi connectivity index (χ0v) is 40.2. The van der Waals surface area contributed by atoms with E-state index in [1.165, 1.54) is 24.3 Å². The molecular formula is C53H52ClF4N7O6. The number of methoxy groups -OCH3 is 1. The first-order valence-corrected chi connectivity index (χ1v) is 24.2. The van der Waals surface area contributed by atoms with Crippen LogP contribution in [0.4, 0.5) is 28.9 Å². The number of carbonyl (C=O) groups excluding carboxylic acids is 5. The minimum atomic E-state index is -4.70. The number of aromatic nitrogens is 1. The number of hydrogen-bond acceptors (Lipinski definition) is 9. The average Bonchev–Trinajstić information content (AvgIpc) is 3.54. The summed E-state index contributed by atoms with van der Waals surface area (Å²) in [4.78, 5) is 73.6. The van der Waals surface area contributed by atoms with Crippen LogP contribution < -0.4 is 26.0 Å². The number of imide groups is 1. The lowest BCUT2D eigenvalue weighted by molar-refractivity contribution is -0.141. The van der Waals surface area contributed by atoms with Gasteiger partial charge in [0.05, 0.1) is 23.9 Å². The van der Waals surface area contributed by atoms with E-state index in [0.29, 0.717) is 36.2 Å².